The first-order valence-corrected chi connectivity index (χ1v) is 8.00. The van der Waals surface area contributed by atoms with E-state index < -0.39 is 11.8 Å². The topological polar surface area (TPSA) is 90.0 Å². The third-order valence-corrected chi connectivity index (χ3v) is 3.36. The number of hydrogen-bond donors (Lipinski definition) is 2. The van der Waals surface area contributed by atoms with Crippen LogP contribution in [0.5, 0.6) is 0 Å². The number of rotatable bonds is 9. The zero-order valence-corrected chi connectivity index (χ0v) is 15.1. The van der Waals surface area contributed by atoms with Crippen molar-refractivity contribution in [2.24, 2.45) is 17.8 Å². The lowest BCUT2D eigenvalue weighted by molar-refractivity contribution is -0.143. The highest BCUT2D eigenvalue weighted by atomic mass is 16.5. The van der Waals surface area contributed by atoms with Crippen LogP contribution < -0.4 is 5.48 Å². The van der Waals surface area contributed by atoms with Crippen molar-refractivity contribution < 1.29 is 19.6 Å². The van der Waals surface area contributed by atoms with Gasteiger partial charge in [-0.15, -0.1) is 0 Å². The van der Waals surface area contributed by atoms with Gasteiger partial charge in [-0.25, -0.2) is 5.48 Å². The van der Waals surface area contributed by atoms with Crippen LogP contribution in [0.3, 0.4) is 0 Å². The third-order valence-electron chi connectivity index (χ3n) is 3.36. The van der Waals surface area contributed by atoms with Crippen molar-refractivity contribution in [2.45, 2.75) is 40.5 Å². The summed E-state index contributed by atoms with van der Waals surface area (Å²) in [6.07, 6.45) is 0.686. The molecule has 0 heterocycles. The molecule has 7 heteroatoms. The average molecular weight is 329 g/mol. The molecule has 0 aliphatic carbocycles. The first-order chi connectivity index (χ1) is 10.6. The van der Waals surface area contributed by atoms with Crippen molar-refractivity contribution in [3.63, 3.8) is 0 Å². The standard InChI is InChI=1S/C16H31N3O4/c1-11(2)7-13(16(22)18(5)6)8-15(21)19(9-12(3)4)10-14(20)17-23/h11-13,23H,7-10H2,1-6H3,(H,17,20). The SMILES string of the molecule is CC(C)CC(CC(=O)N(CC(=O)NO)CC(C)C)C(=O)N(C)C. The molecule has 7 nitrogen and oxygen atoms in total. The van der Waals surface area contributed by atoms with Gasteiger partial charge in [-0.2, -0.15) is 0 Å². The Hall–Kier alpha value is -1.63. The molecule has 0 aromatic heterocycles. The van der Waals surface area contributed by atoms with Gasteiger partial charge in [-0.05, 0) is 18.3 Å². The zero-order valence-electron chi connectivity index (χ0n) is 15.1. The number of nitrogens with one attached hydrogen (secondary N) is 1. The summed E-state index contributed by atoms with van der Waals surface area (Å²) in [4.78, 5) is 39.1. The molecular formula is C16H31N3O4. The minimum absolute atomic E-state index is 0.0701. The van der Waals surface area contributed by atoms with E-state index >= 15 is 0 Å². The van der Waals surface area contributed by atoms with Gasteiger partial charge in [0.25, 0.3) is 5.91 Å². The summed E-state index contributed by atoms with van der Waals surface area (Å²) < 4.78 is 0. The molecule has 0 saturated heterocycles. The summed E-state index contributed by atoms with van der Waals surface area (Å²) in [5.41, 5.74) is 1.54. The molecule has 134 valence electrons. The fraction of sp³-hybridized carbons (Fsp3) is 0.812. The minimum Gasteiger partial charge on any atom is -0.349 e. The van der Waals surface area contributed by atoms with Crippen molar-refractivity contribution in [1.29, 1.82) is 0 Å². The first-order valence-electron chi connectivity index (χ1n) is 8.00. The largest absolute Gasteiger partial charge is 0.349 e. The summed E-state index contributed by atoms with van der Waals surface area (Å²) in [5, 5.41) is 8.66. The van der Waals surface area contributed by atoms with E-state index in [2.05, 4.69) is 0 Å². The molecule has 0 spiro atoms. The number of carbonyl (C=O) groups is 3. The van der Waals surface area contributed by atoms with E-state index in [0.717, 1.165) is 0 Å². The van der Waals surface area contributed by atoms with Gasteiger partial charge in [0.15, 0.2) is 0 Å². The van der Waals surface area contributed by atoms with Crippen LogP contribution >= 0.6 is 0 Å². The maximum Gasteiger partial charge on any atom is 0.262 e. The van der Waals surface area contributed by atoms with Gasteiger partial charge in [-0.1, -0.05) is 27.7 Å². The predicted octanol–water partition coefficient (Wildman–Crippen LogP) is 1.12. The first kappa shape index (κ1) is 21.4. The molecule has 0 aliphatic rings. The van der Waals surface area contributed by atoms with Gasteiger partial charge >= 0.3 is 0 Å². The monoisotopic (exact) mass is 329 g/mol. The van der Waals surface area contributed by atoms with Gasteiger partial charge < -0.3 is 9.80 Å². The molecule has 2 N–H and O–H groups in total. The summed E-state index contributed by atoms with van der Waals surface area (Å²) >= 11 is 0. The summed E-state index contributed by atoms with van der Waals surface area (Å²) in [7, 11) is 3.34. The normalized spacial score (nSPS) is 12.2. The van der Waals surface area contributed by atoms with E-state index in [1.165, 1.54) is 9.80 Å². The Labute approximate surface area is 139 Å². The second kappa shape index (κ2) is 10.2. The van der Waals surface area contributed by atoms with E-state index in [1.54, 1.807) is 19.6 Å². The molecule has 1 unspecified atom stereocenters. The Morgan fingerprint density at radius 3 is 2.00 bits per heavy atom. The number of hydroxylamine groups is 1. The van der Waals surface area contributed by atoms with Crippen molar-refractivity contribution in [3.05, 3.63) is 0 Å². The molecule has 0 saturated carbocycles. The lowest BCUT2D eigenvalue weighted by Crippen LogP contribution is -2.43. The second-order valence-electron chi connectivity index (χ2n) is 6.97. The van der Waals surface area contributed by atoms with E-state index in [4.69, 9.17) is 5.21 Å². The Bertz CT molecular complexity index is 408. The van der Waals surface area contributed by atoms with Crippen molar-refractivity contribution in [2.75, 3.05) is 27.2 Å². The fourth-order valence-electron chi connectivity index (χ4n) is 2.45. The Morgan fingerprint density at radius 1 is 1.04 bits per heavy atom. The van der Waals surface area contributed by atoms with Crippen LogP contribution in [0, 0.1) is 17.8 Å². The molecule has 0 aliphatic heterocycles. The van der Waals surface area contributed by atoms with E-state index in [9.17, 15) is 14.4 Å². The van der Waals surface area contributed by atoms with E-state index in [0.29, 0.717) is 13.0 Å². The highest BCUT2D eigenvalue weighted by molar-refractivity contribution is 5.88. The third kappa shape index (κ3) is 8.54. The Morgan fingerprint density at radius 2 is 1.61 bits per heavy atom. The number of carbonyl (C=O) groups excluding carboxylic acids is 3. The highest BCUT2D eigenvalue weighted by Gasteiger charge is 2.27. The maximum absolute atomic E-state index is 12.5. The molecule has 0 radical (unpaired) electrons. The summed E-state index contributed by atoms with van der Waals surface area (Å²) in [6, 6.07) is 0. The molecule has 1 atom stereocenters. The number of hydrogen-bond acceptors (Lipinski definition) is 4. The Kier molecular flexibility index (Phi) is 9.48. The Balaban J connectivity index is 5.06. The second-order valence-corrected chi connectivity index (χ2v) is 6.97. The van der Waals surface area contributed by atoms with Gasteiger partial charge in [0.2, 0.25) is 11.8 Å². The summed E-state index contributed by atoms with van der Waals surface area (Å²) in [5.74, 6) is -0.900. The van der Waals surface area contributed by atoms with Crippen molar-refractivity contribution in [1.82, 2.24) is 15.3 Å². The molecular weight excluding hydrogens is 298 g/mol. The van der Waals surface area contributed by atoms with Crippen LogP contribution in [0.15, 0.2) is 0 Å². The van der Waals surface area contributed by atoms with E-state index in [1.807, 2.05) is 27.7 Å². The molecule has 0 aromatic rings. The molecule has 0 rings (SSSR count). The minimum atomic E-state index is -0.640. The smallest absolute Gasteiger partial charge is 0.262 e. The van der Waals surface area contributed by atoms with Crippen LogP contribution in [0.1, 0.15) is 40.5 Å². The van der Waals surface area contributed by atoms with Gasteiger partial charge in [-0.3, -0.25) is 19.6 Å². The molecule has 0 bridgehead atoms. The number of amides is 3. The van der Waals surface area contributed by atoms with Crippen LogP contribution in [0.25, 0.3) is 0 Å². The molecule has 0 fully saturated rings. The summed E-state index contributed by atoms with van der Waals surface area (Å²) in [6.45, 7) is 8.08. The van der Waals surface area contributed by atoms with Crippen molar-refractivity contribution in [3.8, 4) is 0 Å². The number of nitrogens with zero attached hydrogens (tertiary/aromatic N) is 2. The van der Waals surface area contributed by atoms with Crippen LogP contribution in [-0.2, 0) is 14.4 Å². The molecule has 0 aromatic carbocycles. The van der Waals surface area contributed by atoms with Crippen molar-refractivity contribution >= 4 is 17.7 Å². The lowest BCUT2D eigenvalue weighted by atomic mass is 9.92. The highest BCUT2D eigenvalue weighted by Crippen LogP contribution is 2.19. The quantitative estimate of drug-likeness (QED) is 0.490. The average Bonchev–Trinajstić information content (AvgIpc) is 2.43. The van der Waals surface area contributed by atoms with E-state index in [-0.39, 0.29) is 36.6 Å². The van der Waals surface area contributed by atoms with Gasteiger partial charge in [0.05, 0.1) is 0 Å². The maximum atomic E-state index is 12.5. The molecule has 23 heavy (non-hydrogen) atoms. The van der Waals surface area contributed by atoms with Crippen LogP contribution in [0.4, 0.5) is 0 Å². The molecule has 3 amide bonds. The van der Waals surface area contributed by atoms with Gasteiger partial charge in [0.1, 0.15) is 6.54 Å². The van der Waals surface area contributed by atoms with Crippen LogP contribution in [0.2, 0.25) is 0 Å². The fourth-order valence-corrected chi connectivity index (χ4v) is 2.45. The lowest BCUT2D eigenvalue weighted by Gasteiger charge is -2.27. The predicted molar refractivity (Wildman–Crippen MR) is 87.6 cm³/mol. The zero-order chi connectivity index (χ0) is 18.2. The van der Waals surface area contributed by atoms with Gasteiger partial charge in [0, 0.05) is 33.0 Å². The van der Waals surface area contributed by atoms with Crippen LogP contribution in [-0.4, -0.2) is 59.9 Å².